The van der Waals surface area contributed by atoms with E-state index in [4.69, 9.17) is 14.4 Å². The lowest BCUT2D eigenvalue weighted by Gasteiger charge is -2.31. The van der Waals surface area contributed by atoms with E-state index in [1.807, 2.05) is 18.2 Å². The average Bonchev–Trinajstić information content (AvgIpc) is 3.98. The zero-order valence-corrected chi connectivity index (χ0v) is 33.5. The summed E-state index contributed by atoms with van der Waals surface area (Å²) < 4.78 is 9.32. The van der Waals surface area contributed by atoms with Gasteiger partial charge in [0.25, 0.3) is 0 Å². The molecule has 0 aliphatic heterocycles. The normalized spacial score (nSPS) is 16.2. The van der Waals surface area contributed by atoms with Crippen LogP contribution in [0.25, 0.3) is 99.7 Å². The Morgan fingerprint density at radius 2 is 1.29 bits per heavy atom. The Morgan fingerprint density at radius 1 is 0.548 bits per heavy atom. The smallest absolute Gasteiger partial charge is 0.164 e. The lowest BCUT2D eigenvalue weighted by atomic mass is 9.70. The van der Waals surface area contributed by atoms with Crippen LogP contribution in [-0.2, 0) is 5.41 Å². The summed E-state index contributed by atoms with van der Waals surface area (Å²) >= 11 is 0. The minimum absolute atomic E-state index is 0.428. The van der Waals surface area contributed by atoms with Gasteiger partial charge in [-0.1, -0.05) is 164 Å². The van der Waals surface area contributed by atoms with Crippen LogP contribution in [-0.4, -0.2) is 14.5 Å². The maximum absolute atomic E-state index is 6.81. The Morgan fingerprint density at radius 3 is 2.19 bits per heavy atom. The quantitative estimate of drug-likeness (QED) is 0.179. The van der Waals surface area contributed by atoms with E-state index in [0.29, 0.717) is 5.82 Å². The predicted octanol–water partition coefficient (Wildman–Crippen LogP) is 14.6. The molecule has 0 N–H and O–H groups in total. The van der Waals surface area contributed by atoms with Gasteiger partial charge >= 0.3 is 0 Å². The molecule has 8 aromatic carbocycles. The Bertz CT molecular complexity index is 3840. The SMILES string of the molecule is C1=CCC=C2C(=C1)c1ccccc1C21c2ccccc2-c2c1ccc1c3ccccc3n(-c3ccc4oc5c(-c6nc(-c7ccccc7)c7ccccc7n6)cccc5c4c3)c21. The predicted molar refractivity (Wildman–Crippen MR) is 254 cm³/mol. The van der Waals surface area contributed by atoms with E-state index in [9.17, 15) is 0 Å². The summed E-state index contributed by atoms with van der Waals surface area (Å²) in [5.74, 6) is 0.643. The molecule has 0 fully saturated rings. The highest BCUT2D eigenvalue weighted by Crippen LogP contribution is 2.65. The first-order valence-electron chi connectivity index (χ1n) is 21.4. The van der Waals surface area contributed by atoms with Crippen LogP contribution < -0.4 is 0 Å². The molecule has 3 aliphatic carbocycles. The number of rotatable bonds is 3. The lowest BCUT2D eigenvalue weighted by molar-refractivity contribution is 0.669. The number of nitrogens with zero attached hydrogens (tertiary/aromatic N) is 3. The maximum atomic E-state index is 6.81. The molecular formula is C58H35N3O. The average molecular weight is 790 g/mol. The maximum Gasteiger partial charge on any atom is 0.164 e. The van der Waals surface area contributed by atoms with Crippen molar-refractivity contribution in [3.8, 4) is 39.5 Å². The van der Waals surface area contributed by atoms with E-state index in [0.717, 1.165) is 61.8 Å². The molecule has 11 aromatic rings. The Labute approximate surface area is 357 Å². The molecule has 0 radical (unpaired) electrons. The molecule has 4 heteroatoms. The highest BCUT2D eigenvalue weighted by molar-refractivity contribution is 6.18. The second-order valence-corrected chi connectivity index (χ2v) is 16.7. The van der Waals surface area contributed by atoms with Crippen molar-refractivity contribution >= 4 is 60.2 Å². The number of benzene rings is 8. The van der Waals surface area contributed by atoms with Crippen LogP contribution in [0.1, 0.15) is 28.7 Å². The third-order valence-corrected chi connectivity index (χ3v) is 13.6. The van der Waals surface area contributed by atoms with E-state index in [2.05, 4.69) is 187 Å². The summed E-state index contributed by atoms with van der Waals surface area (Å²) in [6.45, 7) is 0. The van der Waals surface area contributed by atoms with Crippen molar-refractivity contribution in [1.82, 2.24) is 14.5 Å². The molecule has 3 aliphatic rings. The van der Waals surface area contributed by atoms with Crippen LogP contribution in [0.5, 0.6) is 0 Å². The van der Waals surface area contributed by atoms with Crippen molar-refractivity contribution in [2.75, 3.05) is 0 Å². The number of para-hydroxylation sites is 3. The number of aromatic nitrogens is 3. The second-order valence-electron chi connectivity index (χ2n) is 16.7. The molecule has 1 unspecified atom stereocenters. The van der Waals surface area contributed by atoms with Gasteiger partial charge in [0.05, 0.1) is 33.2 Å². The van der Waals surface area contributed by atoms with Crippen LogP contribution in [0.15, 0.2) is 210 Å². The zero-order valence-electron chi connectivity index (χ0n) is 33.5. The van der Waals surface area contributed by atoms with Crippen molar-refractivity contribution < 1.29 is 4.42 Å². The number of allylic oxidation sites excluding steroid dienone is 6. The van der Waals surface area contributed by atoms with Gasteiger partial charge in [0, 0.05) is 43.7 Å². The van der Waals surface area contributed by atoms with E-state index in [1.54, 1.807) is 0 Å². The number of furan rings is 1. The fourth-order valence-electron chi connectivity index (χ4n) is 11.2. The molecule has 288 valence electrons. The Kier molecular flexibility index (Phi) is 6.79. The van der Waals surface area contributed by atoms with E-state index < -0.39 is 5.41 Å². The highest BCUT2D eigenvalue weighted by Gasteiger charge is 2.54. The largest absolute Gasteiger partial charge is 0.455 e. The molecule has 3 heterocycles. The number of hydrogen-bond donors (Lipinski definition) is 0. The molecular weight excluding hydrogens is 755 g/mol. The molecule has 0 amide bonds. The van der Waals surface area contributed by atoms with Crippen LogP contribution in [0, 0.1) is 0 Å². The fourth-order valence-corrected chi connectivity index (χ4v) is 11.2. The summed E-state index contributed by atoms with van der Waals surface area (Å²) in [4.78, 5) is 10.3. The fraction of sp³-hybridized carbons (Fsp3) is 0.0345. The minimum atomic E-state index is -0.428. The summed E-state index contributed by atoms with van der Waals surface area (Å²) in [5.41, 5.74) is 19.0. The van der Waals surface area contributed by atoms with Crippen LogP contribution in [0.2, 0.25) is 0 Å². The molecule has 14 rings (SSSR count). The minimum Gasteiger partial charge on any atom is -0.455 e. The third kappa shape index (κ3) is 4.35. The standard InChI is InChI=1S/C58H35N3O/c1-3-16-35(17-4-1)54-43-22-9-13-28-50(43)59-57(60-54)44-24-15-23-41-45-34-36(30-33-52(45)62-56(41)44)61-51-29-14-10-20-39(51)40-31-32-49-53(55(40)61)42-21-8-12-27-48(42)58(49)46-25-6-2-5-18-37(46)38-19-7-11-26-47(38)58/h1-5,7-34H,6H2. The molecule has 0 bridgehead atoms. The van der Waals surface area contributed by atoms with Crippen molar-refractivity contribution in [2.24, 2.45) is 0 Å². The van der Waals surface area contributed by atoms with Gasteiger partial charge in [-0.3, -0.25) is 0 Å². The molecule has 1 atom stereocenters. The van der Waals surface area contributed by atoms with Crippen LogP contribution in [0.3, 0.4) is 0 Å². The van der Waals surface area contributed by atoms with Gasteiger partial charge in [-0.05, 0) is 81.8 Å². The van der Waals surface area contributed by atoms with Gasteiger partial charge < -0.3 is 8.98 Å². The van der Waals surface area contributed by atoms with Gasteiger partial charge in [-0.25, -0.2) is 9.97 Å². The van der Waals surface area contributed by atoms with E-state index >= 15 is 0 Å². The first kappa shape index (κ1) is 33.7. The topological polar surface area (TPSA) is 43.9 Å². The number of fused-ring (bicyclic) bond motifs is 18. The third-order valence-electron chi connectivity index (χ3n) is 13.6. The first-order valence-corrected chi connectivity index (χ1v) is 21.4. The van der Waals surface area contributed by atoms with E-state index in [-0.39, 0.29) is 0 Å². The summed E-state index contributed by atoms with van der Waals surface area (Å²) in [5, 5.41) is 5.58. The van der Waals surface area contributed by atoms with Gasteiger partial charge in [-0.15, -0.1) is 0 Å². The molecule has 0 saturated carbocycles. The van der Waals surface area contributed by atoms with Crippen molar-refractivity contribution in [2.45, 2.75) is 11.8 Å². The van der Waals surface area contributed by atoms with Crippen molar-refractivity contribution in [3.05, 3.63) is 228 Å². The van der Waals surface area contributed by atoms with Crippen LogP contribution >= 0.6 is 0 Å². The number of hydrogen-bond acceptors (Lipinski definition) is 3. The summed E-state index contributed by atoms with van der Waals surface area (Å²) in [7, 11) is 0. The van der Waals surface area contributed by atoms with Gasteiger partial charge in [0.1, 0.15) is 11.2 Å². The summed E-state index contributed by atoms with van der Waals surface area (Å²) in [6, 6.07) is 63.5. The molecule has 4 nitrogen and oxygen atoms in total. The van der Waals surface area contributed by atoms with E-state index in [1.165, 1.54) is 66.3 Å². The second kappa shape index (κ2) is 12.5. The lowest BCUT2D eigenvalue weighted by Crippen LogP contribution is -2.26. The first-order chi connectivity index (χ1) is 30.8. The Hall–Kier alpha value is -8.08. The monoisotopic (exact) mass is 789 g/mol. The Balaban J connectivity index is 1.03. The molecule has 3 aromatic heterocycles. The molecule has 1 spiro atoms. The van der Waals surface area contributed by atoms with Gasteiger partial charge in [-0.2, -0.15) is 0 Å². The highest BCUT2D eigenvalue weighted by atomic mass is 16.3. The molecule has 0 saturated heterocycles. The molecule has 62 heavy (non-hydrogen) atoms. The summed E-state index contributed by atoms with van der Waals surface area (Å²) in [6.07, 6.45) is 10.2. The zero-order chi connectivity index (χ0) is 40.5. The van der Waals surface area contributed by atoms with Crippen molar-refractivity contribution in [1.29, 1.82) is 0 Å². The van der Waals surface area contributed by atoms with Gasteiger partial charge in [0.2, 0.25) is 0 Å². The van der Waals surface area contributed by atoms with Gasteiger partial charge in [0.15, 0.2) is 5.82 Å². The van der Waals surface area contributed by atoms with Crippen molar-refractivity contribution in [3.63, 3.8) is 0 Å². The van der Waals surface area contributed by atoms with Crippen LogP contribution in [0.4, 0.5) is 0 Å².